The van der Waals surface area contributed by atoms with Gasteiger partial charge in [-0.2, -0.15) is 12.6 Å². The molecule has 1 fully saturated rings. The summed E-state index contributed by atoms with van der Waals surface area (Å²) < 4.78 is 7.46. The van der Waals surface area contributed by atoms with Crippen molar-refractivity contribution < 1.29 is 38.6 Å². The molecule has 1 saturated heterocycles. The number of carbonyl (C=O) groups is 6. The smallest absolute Gasteiger partial charge is 0.233 e. The number of ether oxygens (including phenoxy) is 1. The number of phenolic OH excluding ortho intramolecular Hbond substituents is 1. The average molecular weight is 1160 g/mol. The molecule has 0 bridgehead atoms. The summed E-state index contributed by atoms with van der Waals surface area (Å²) in [7, 11) is 0. The van der Waals surface area contributed by atoms with Gasteiger partial charge in [-0.3, -0.25) is 38.5 Å². The van der Waals surface area contributed by atoms with Gasteiger partial charge in [-0.15, -0.1) is 11.3 Å². The Morgan fingerprint density at radius 3 is 1.44 bits per heavy atom. The lowest BCUT2D eigenvalue weighted by Crippen LogP contribution is -2.54. The van der Waals surface area contributed by atoms with Crippen LogP contribution < -0.4 is 5.43 Å². The molecule has 0 amide bonds. The van der Waals surface area contributed by atoms with Crippen LogP contribution in [0.25, 0.3) is 20.2 Å². The molecule has 9 aromatic carbocycles. The third-order valence-corrected chi connectivity index (χ3v) is 16.2. The molecule has 1 aliphatic carbocycles. The lowest BCUT2D eigenvalue weighted by atomic mass is 9.83. The molecular weight excluding hydrogens is 1100 g/mol. The predicted octanol–water partition coefficient (Wildman–Crippen LogP) is 14.8. The first-order chi connectivity index (χ1) is 41.0. The maximum Gasteiger partial charge on any atom is 0.233 e. The van der Waals surface area contributed by atoms with Crippen LogP contribution in [0.1, 0.15) is 122 Å². The van der Waals surface area contributed by atoms with Crippen molar-refractivity contribution in [2.45, 2.75) is 52.3 Å². The van der Waals surface area contributed by atoms with Gasteiger partial charge in [0.2, 0.25) is 11.6 Å². The van der Waals surface area contributed by atoms with Crippen LogP contribution in [0.2, 0.25) is 0 Å². The van der Waals surface area contributed by atoms with Gasteiger partial charge in [0, 0.05) is 89.1 Å². The zero-order valence-corrected chi connectivity index (χ0v) is 49.8. The third kappa shape index (κ3) is 15.4. The predicted molar refractivity (Wildman–Crippen MR) is 344 cm³/mol. The molecule has 1 aromatic heterocycles. The van der Waals surface area contributed by atoms with Gasteiger partial charge >= 0.3 is 0 Å². The first-order valence-corrected chi connectivity index (χ1v) is 29.3. The minimum absolute atomic E-state index is 0.0319. The summed E-state index contributed by atoms with van der Waals surface area (Å²) in [6.45, 7) is 12.9. The van der Waals surface area contributed by atoms with Gasteiger partial charge < -0.3 is 9.84 Å². The molecule has 1 aliphatic heterocycles. The van der Waals surface area contributed by atoms with E-state index in [0.717, 1.165) is 67.5 Å². The Morgan fingerprint density at radius 1 is 0.506 bits per heavy atom. The Bertz CT molecular complexity index is 3960. The summed E-state index contributed by atoms with van der Waals surface area (Å²) in [6, 6.07) is 65.2. The number of thiol groups is 1. The van der Waals surface area contributed by atoms with Gasteiger partial charge in [-0.25, -0.2) is 0 Å². The molecule has 0 saturated carbocycles. The second-order valence-electron chi connectivity index (χ2n) is 20.8. The topological polar surface area (TPSA) is 152 Å². The molecule has 2 heterocycles. The van der Waals surface area contributed by atoms with Crippen LogP contribution in [0.5, 0.6) is 5.75 Å². The van der Waals surface area contributed by atoms with Crippen molar-refractivity contribution in [3.05, 3.63) is 301 Å². The number of aromatic hydroxyl groups is 1. The molecule has 0 spiro atoms. The lowest BCUT2D eigenvalue weighted by Gasteiger charge is -2.39. The average Bonchev–Trinajstić information content (AvgIpc) is 2.57. The second-order valence-corrected chi connectivity index (χ2v) is 22.2. The maximum atomic E-state index is 12.7. The van der Waals surface area contributed by atoms with E-state index in [1.807, 2.05) is 162 Å². The molecule has 85 heavy (non-hydrogen) atoms. The number of aryl methyl sites for hydroxylation is 3. The van der Waals surface area contributed by atoms with Crippen LogP contribution in [0.3, 0.4) is 0 Å². The number of benzene rings is 9. The second kappa shape index (κ2) is 29.0. The van der Waals surface area contributed by atoms with Crippen molar-refractivity contribution in [3.8, 4) is 5.75 Å². The van der Waals surface area contributed by atoms with Gasteiger partial charge in [0.1, 0.15) is 5.75 Å². The van der Waals surface area contributed by atoms with E-state index >= 15 is 0 Å². The molecule has 10 aromatic rings. The largest absolute Gasteiger partial charge is 0.508 e. The van der Waals surface area contributed by atoms with E-state index in [0.29, 0.717) is 63.5 Å². The maximum absolute atomic E-state index is 12.7. The summed E-state index contributed by atoms with van der Waals surface area (Å²) in [4.78, 5) is 87.5. The highest BCUT2D eigenvalue weighted by atomic mass is 32.1. The van der Waals surface area contributed by atoms with Crippen LogP contribution in [0.4, 0.5) is 0 Å². The Balaban J connectivity index is 0.000000139. The number of phenols is 1. The first kappa shape index (κ1) is 62.0. The van der Waals surface area contributed by atoms with E-state index < -0.39 is 17.1 Å². The summed E-state index contributed by atoms with van der Waals surface area (Å²) in [5, 5.41) is 10.7. The van der Waals surface area contributed by atoms with Crippen molar-refractivity contribution in [2.75, 3.05) is 26.3 Å². The molecule has 428 valence electrons. The van der Waals surface area contributed by atoms with E-state index in [1.54, 1.807) is 90.2 Å². The summed E-state index contributed by atoms with van der Waals surface area (Å²) in [5.74, 6) is -0.0205. The lowest BCUT2D eigenvalue weighted by molar-refractivity contribution is -0.00430. The molecule has 10 nitrogen and oxygen atoms in total. The van der Waals surface area contributed by atoms with Gasteiger partial charge in [-0.05, 0) is 99.8 Å². The van der Waals surface area contributed by atoms with Crippen molar-refractivity contribution in [1.82, 2.24) is 4.90 Å². The highest BCUT2D eigenvalue weighted by Gasteiger charge is 2.36. The van der Waals surface area contributed by atoms with Crippen LogP contribution in [-0.2, 0) is 16.9 Å². The van der Waals surface area contributed by atoms with Gasteiger partial charge in [0.05, 0.1) is 18.8 Å². The molecule has 12 rings (SSSR count). The summed E-state index contributed by atoms with van der Waals surface area (Å²) >= 11 is 5.89. The molecular formula is C73H65NO9S2. The number of fused-ring (bicyclic) bond motifs is 4. The Hall–Kier alpha value is -9.04. The van der Waals surface area contributed by atoms with Gasteiger partial charge in [-0.1, -0.05) is 182 Å². The fourth-order valence-corrected chi connectivity index (χ4v) is 10.8. The van der Waals surface area contributed by atoms with Crippen molar-refractivity contribution in [2.24, 2.45) is 0 Å². The van der Waals surface area contributed by atoms with Gasteiger partial charge in [0.25, 0.3) is 0 Å². The monoisotopic (exact) mass is 1160 g/mol. The van der Waals surface area contributed by atoms with Gasteiger partial charge in [0.15, 0.2) is 28.6 Å². The number of carbonyl (C=O) groups excluding carboxylic acids is 6. The van der Waals surface area contributed by atoms with E-state index in [2.05, 4.69) is 17.5 Å². The number of morpholine rings is 1. The number of ketones is 6. The molecule has 2 aliphatic rings. The SMILES string of the molecule is CC(C)(C(=O)c1ccc(CS)cc1)N1CCOCC1.CCc1ccc2c(c1)C(=O)c1ccccc1C2=O.Cc1ccc(C(=O)C(=O)c2ccc(C)cc2)cc1.O=C(c1ccccc1)c1ccc(O)cc1.O=c1c2ccccc2sc2ccccc12. The minimum Gasteiger partial charge on any atom is -0.508 e. The van der Waals surface area contributed by atoms with Crippen LogP contribution >= 0.6 is 24.0 Å². The standard InChI is InChI=1S/C16H12O2.C16H14O2.C15H21NO2S.C13H10O2.C13H8OS/c1-2-10-7-8-13-14(9-10)16(18)12-6-4-3-5-11(12)15(13)17;1-11-3-7-13(8-4-11)15(17)16(18)14-9-5-12(2)6-10-14;1-15(2,16-7-9-18-10-8-16)14(17)13-5-3-12(11-19)4-6-13;14-12-8-6-11(7-9-12)13(15)10-4-2-1-3-5-10;14-13-9-5-1-3-7-11(9)15-12-8-4-2-6-10(12)13/h3-9H,2H2,1H3;3-10H,1-2H3;3-6,19H,7-11H2,1-2H3;1-9,14H;1-8H. The number of hydrogen-bond acceptors (Lipinski definition) is 12. The Morgan fingerprint density at radius 2 is 0.929 bits per heavy atom. The minimum atomic E-state index is -0.480. The van der Waals surface area contributed by atoms with Crippen LogP contribution in [0, 0.1) is 13.8 Å². The zero-order chi connectivity index (χ0) is 60.6. The van der Waals surface area contributed by atoms with Crippen molar-refractivity contribution in [3.63, 3.8) is 0 Å². The quantitative estimate of drug-likeness (QED) is 0.0586. The molecule has 0 radical (unpaired) electrons. The van der Waals surface area contributed by atoms with Crippen LogP contribution in [0.15, 0.2) is 223 Å². The molecule has 12 heteroatoms. The zero-order valence-electron chi connectivity index (χ0n) is 48.0. The summed E-state index contributed by atoms with van der Waals surface area (Å²) in [5.41, 5.74) is 8.96. The number of hydrogen-bond donors (Lipinski definition) is 2. The van der Waals surface area contributed by atoms with Crippen molar-refractivity contribution >= 4 is 78.8 Å². The Labute approximate surface area is 504 Å². The van der Waals surface area contributed by atoms with Crippen molar-refractivity contribution in [1.29, 1.82) is 0 Å². The van der Waals surface area contributed by atoms with Crippen LogP contribution in [-0.4, -0.2) is 76.5 Å². The van der Waals surface area contributed by atoms with E-state index in [4.69, 9.17) is 9.84 Å². The molecule has 1 N–H and O–H groups in total. The fraction of sp³-hybridized carbons (Fsp3) is 0.164. The number of rotatable bonds is 10. The fourth-order valence-electron chi connectivity index (χ4n) is 9.54. The normalized spacial score (nSPS) is 12.5. The van der Waals surface area contributed by atoms with E-state index in [-0.39, 0.29) is 34.3 Å². The van der Waals surface area contributed by atoms with E-state index in [1.165, 1.54) is 12.1 Å². The number of Topliss-reactive ketones (excluding diaryl/α,β-unsaturated/α-hetero) is 3. The first-order valence-electron chi connectivity index (χ1n) is 27.9. The molecule has 0 unspecified atom stereocenters. The van der Waals surface area contributed by atoms with E-state index in [9.17, 15) is 33.6 Å². The number of nitrogens with zero attached hydrogens (tertiary/aromatic N) is 1. The summed E-state index contributed by atoms with van der Waals surface area (Å²) in [6.07, 6.45) is 0.858. The Kier molecular flexibility index (Phi) is 21.1. The highest BCUT2D eigenvalue weighted by molar-refractivity contribution is 7.79. The molecule has 0 atom stereocenters. The third-order valence-electron chi connectivity index (χ3n) is 14.6. The highest BCUT2D eigenvalue weighted by Crippen LogP contribution is 2.29.